The van der Waals surface area contributed by atoms with Gasteiger partial charge in [0.2, 0.25) is 0 Å². The second-order valence-corrected chi connectivity index (χ2v) is 5.21. The van der Waals surface area contributed by atoms with E-state index in [-0.39, 0.29) is 0 Å². The van der Waals surface area contributed by atoms with E-state index in [1.54, 1.807) is 7.11 Å². The Balaban J connectivity index is 2.23. The zero-order chi connectivity index (χ0) is 12.4. The molecule has 3 atom stereocenters. The van der Waals surface area contributed by atoms with Gasteiger partial charge in [0, 0.05) is 6.04 Å². The molecule has 0 aromatic heterocycles. The van der Waals surface area contributed by atoms with E-state index in [1.165, 1.54) is 12.0 Å². The van der Waals surface area contributed by atoms with E-state index in [4.69, 9.17) is 16.3 Å². The van der Waals surface area contributed by atoms with Gasteiger partial charge in [-0.05, 0) is 42.5 Å². The summed E-state index contributed by atoms with van der Waals surface area (Å²) in [5, 5.41) is 4.24. The van der Waals surface area contributed by atoms with E-state index in [1.807, 2.05) is 6.07 Å². The molecule has 1 aromatic carbocycles. The van der Waals surface area contributed by atoms with Gasteiger partial charge in [0.1, 0.15) is 5.75 Å². The fourth-order valence-electron chi connectivity index (χ4n) is 2.42. The molecule has 2 nitrogen and oxygen atoms in total. The van der Waals surface area contributed by atoms with Gasteiger partial charge < -0.3 is 10.1 Å². The molecule has 3 unspecified atom stereocenters. The first-order chi connectivity index (χ1) is 8.17. The Morgan fingerprint density at radius 2 is 2.24 bits per heavy atom. The lowest BCUT2D eigenvalue weighted by molar-refractivity contribution is 0.411. The van der Waals surface area contributed by atoms with Crippen molar-refractivity contribution in [3.8, 4) is 5.75 Å². The Kier molecular flexibility index (Phi) is 3.95. The lowest BCUT2D eigenvalue weighted by Crippen LogP contribution is -2.23. The zero-order valence-corrected chi connectivity index (χ0v) is 11.4. The van der Waals surface area contributed by atoms with Crippen molar-refractivity contribution in [3.63, 3.8) is 0 Å². The van der Waals surface area contributed by atoms with Crippen LogP contribution in [-0.4, -0.2) is 13.7 Å². The number of nitrogens with one attached hydrogen (secondary N) is 1. The smallest absolute Gasteiger partial charge is 0.137 e. The summed E-state index contributed by atoms with van der Waals surface area (Å²) in [6.45, 7) is 5.44. The fraction of sp³-hybridized carbons (Fsp3) is 0.571. The van der Waals surface area contributed by atoms with Gasteiger partial charge in [0.25, 0.3) is 0 Å². The van der Waals surface area contributed by atoms with Crippen LogP contribution in [0.3, 0.4) is 0 Å². The quantitative estimate of drug-likeness (QED) is 0.865. The van der Waals surface area contributed by atoms with Crippen molar-refractivity contribution in [3.05, 3.63) is 28.8 Å². The van der Waals surface area contributed by atoms with Crippen LogP contribution < -0.4 is 10.1 Å². The summed E-state index contributed by atoms with van der Waals surface area (Å²) < 4.78 is 5.28. The van der Waals surface area contributed by atoms with Crippen molar-refractivity contribution in [1.29, 1.82) is 0 Å². The summed E-state index contributed by atoms with van der Waals surface area (Å²) in [7, 11) is 1.66. The monoisotopic (exact) mass is 253 g/mol. The van der Waals surface area contributed by atoms with Gasteiger partial charge in [-0.3, -0.25) is 0 Å². The molecule has 17 heavy (non-hydrogen) atoms. The Morgan fingerprint density at radius 1 is 1.53 bits per heavy atom. The van der Waals surface area contributed by atoms with Crippen LogP contribution in [-0.2, 0) is 0 Å². The Labute approximate surface area is 108 Å². The Bertz CT molecular complexity index is 394. The number of halogens is 1. The van der Waals surface area contributed by atoms with Crippen molar-refractivity contribution in [2.45, 2.75) is 26.3 Å². The first-order valence-electron chi connectivity index (χ1n) is 6.24. The Hall–Kier alpha value is -0.730. The van der Waals surface area contributed by atoms with Crippen LogP contribution in [0.2, 0.25) is 5.02 Å². The molecule has 0 radical (unpaired) electrons. The molecule has 1 aliphatic rings. The van der Waals surface area contributed by atoms with Crippen molar-refractivity contribution in [1.82, 2.24) is 5.32 Å². The van der Waals surface area contributed by atoms with Crippen LogP contribution >= 0.6 is 11.6 Å². The maximum Gasteiger partial charge on any atom is 0.137 e. The molecule has 0 amide bonds. The lowest BCUT2D eigenvalue weighted by Gasteiger charge is -2.19. The highest BCUT2D eigenvalue weighted by Gasteiger charge is 2.39. The largest absolute Gasteiger partial charge is 0.495 e. The molecule has 0 bridgehead atoms. The number of ether oxygens (including phenoxy) is 1. The second-order valence-electron chi connectivity index (χ2n) is 4.81. The van der Waals surface area contributed by atoms with E-state index >= 15 is 0 Å². The summed E-state index contributed by atoms with van der Waals surface area (Å²) in [5.41, 5.74) is 1.28. The zero-order valence-electron chi connectivity index (χ0n) is 10.7. The minimum absolute atomic E-state index is 0.432. The molecule has 1 saturated carbocycles. The summed E-state index contributed by atoms with van der Waals surface area (Å²) in [6.07, 6.45) is 1.31. The minimum Gasteiger partial charge on any atom is -0.495 e. The van der Waals surface area contributed by atoms with Gasteiger partial charge >= 0.3 is 0 Å². The highest BCUT2D eigenvalue weighted by molar-refractivity contribution is 6.32. The molecule has 0 spiro atoms. The van der Waals surface area contributed by atoms with E-state index in [2.05, 4.69) is 31.3 Å². The fourth-order valence-corrected chi connectivity index (χ4v) is 2.62. The van der Waals surface area contributed by atoms with Gasteiger partial charge in [0.15, 0.2) is 0 Å². The summed E-state index contributed by atoms with van der Waals surface area (Å²) >= 11 is 6.06. The SMILES string of the molecule is CCNC(c1ccc(Cl)c(OC)c1)C1CC1C. The van der Waals surface area contributed by atoms with Crippen molar-refractivity contribution in [2.75, 3.05) is 13.7 Å². The molecule has 0 aliphatic heterocycles. The van der Waals surface area contributed by atoms with E-state index in [9.17, 15) is 0 Å². The van der Waals surface area contributed by atoms with Crippen LogP contribution in [0, 0.1) is 11.8 Å². The summed E-state index contributed by atoms with van der Waals surface area (Å²) in [4.78, 5) is 0. The van der Waals surface area contributed by atoms with Crippen LogP contribution in [0.25, 0.3) is 0 Å². The normalized spacial score (nSPS) is 24.5. The first-order valence-corrected chi connectivity index (χ1v) is 6.62. The third-order valence-corrected chi connectivity index (χ3v) is 3.87. The van der Waals surface area contributed by atoms with Gasteiger partial charge in [-0.2, -0.15) is 0 Å². The van der Waals surface area contributed by atoms with Crippen molar-refractivity contribution >= 4 is 11.6 Å². The number of rotatable bonds is 5. The topological polar surface area (TPSA) is 21.3 Å². The number of benzene rings is 1. The van der Waals surface area contributed by atoms with Gasteiger partial charge in [0.05, 0.1) is 12.1 Å². The maximum absolute atomic E-state index is 6.06. The summed E-state index contributed by atoms with van der Waals surface area (Å²) in [5.74, 6) is 2.34. The molecule has 1 aliphatic carbocycles. The van der Waals surface area contributed by atoms with E-state index in [0.29, 0.717) is 11.1 Å². The highest BCUT2D eigenvalue weighted by Crippen LogP contribution is 2.47. The molecule has 1 fully saturated rings. The van der Waals surface area contributed by atoms with E-state index < -0.39 is 0 Å². The van der Waals surface area contributed by atoms with E-state index in [0.717, 1.165) is 24.1 Å². The average molecular weight is 254 g/mol. The average Bonchev–Trinajstić information content (AvgIpc) is 3.04. The van der Waals surface area contributed by atoms with Crippen LogP contribution in [0.5, 0.6) is 5.75 Å². The van der Waals surface area contributed by atoms with Crippen LogP contribution in [0.15, 0.2) is 18.2 Å². The standard InChI is InChI=1S/C14H20ClNO/c1-4-16-14(11-7-9(11)2)10-5-6-12(15)13(8-10)17-3/h5-6,8-9,11,14,16H,4,7H2,1-3H3. The van der Waals surface area contributed by atoms with Crippen molar-refractivity contribution in [2.24, 2.45) is 11.8 Å². The maximum atomic E-state index is 6.06. The molecule has 1 aromatic rings. The predicted molar refractivity (Wildman–Crippen MR) is 71.7 cm³/mol. The first kappa shape index (κ1) is 12.7. The van der Waals surface area contributed by atoms with Gasteiger partial charge in [-0.15, -0.1) is 0 Å². The molecular weight excluding hydrogens is 234 g/mol. The number of methoxy groups -OCH3 is 1. The molecule has 3 heteroatoms. The molecule has 94 valence electrons. The third kappa shape index (κ3) is 2.75. The van der Waals surface area contributed by atoms with Gasteiger partial charge in [-0.25, -0.2) is 0 Å². The number of hydrogen-bond acceptors (Lipinski definition) is 2. The van der Waals surface area contributed by atoms with Crippen LogP contribution in [0.4, 0.5) is 0 Å². The summed E-state index contributed by atoms with van der Waals surface area (Å²) in [6, 6.07) is 6.51. The van der Waals surface area contributed by atoms with Crippen molar-refractivity contribution < 1.29 is 4.74 Å². The molecular formula is C14H20ClNO. The molecule has 0 heterocycles. The Morgan fingerprint density at radius 3 is 2.76 bits per heavy atom. The molecule has 1 N–H and O–H groups in total. The highest BCUT2D eigenvalue weighted by atomic mass is 35.5. The van der Waals surface area contributed by atoms with Gasteiger partial charge in [-0.1, -0.05) is 31.5 Å². The lowest BCUT2D eigenvalue weighted by atomic mass is 10.0. The molecule has 0 saturated heterocycles. The van der Waals surface area contributed by atoms with Crippen LogP contribution in [0.1, 0.15) is 31.9 Å². The predicted octanol–water partition coefficient (Wildman–Crippen LogP) is 3.66. The minimum atomic E-state index is 0.432. The third-order valence-electron chi connectivity index (χ3n) is 3.56. The molecule has 2 rings (SSSR count). The number of hydrogen-bond donors (Lipinski definition) is 1. The second kappa shape index (κ2) is 5.28.